The number of carbonyl (C=O) groups is 1. The van der Waals surface area contributed by atoms with Crippen LogP contribution in [0.1, 0.15) is 47.2 Å². The Kier molecular flexibility index (Phi) is 5.54. The smallest absolute Gasteiger partial charge is 0.255 e. The predicted molar refractivity (Wildman–Crippen MR) is 117 cm³/mol. The van der Waals surface area contributed by atoms with Crippen molar-refractivity contribution in [2.75, 3.05) is 12.4 Å². The molecule has 0 bridgehead atoms. The number of ether oxygens (including phenoxy) is 1. The number of halogens is 1. The van der Waals surface area contributed by atoms with Crippen LogP contribution >= 0.6 is 11.6 Å². The van der Waals surface area contributed by atoms with Gasteiger partial charge in [0.25, 0.3) is 5.91 Å². The van der Waals surface area contributed by atoms with Crippen molar-refractivity contribution in [3.63, 3.8) is 0 Å². The number of nitrogens with zero attached hydrogens (tertiary/aromatic N) is 1. The van der Waals surface area contributed by atoms with Crippen LogP contribution in [-0.2, 0) is 6.42 Å². The van der Waals surface area contributed by atoms with Crippen molar-refractivity contribution in [1.29, 1.82) is 0 Å². The molecule has 29 heavy (non-hydrogen) atoms. The summed E-state index contributed by atoms with van der Waals surface area (Å²) in [6, 6.07) is 15.1. The maximum Gasteiger partial charge on any atom is 0.255 e. The van der Waals surface area contributed by atoms with Gasteiger partial charge in [-0.05, 0) is 78.8 Å². The highest BCUT2D eigenvalue weighted by molar-refractivity contribution is 6.33. The van der Waals surface area contributed by atoms with Crippen LogP contribution in [0.3, 0.4) is 0 Å². The molecule has 5 heteroatoms. The van der Waals surface area contributed by atoms with Gasteiger partial charge in [0.15, 0.2) is 0 Å². The van der Waals surface area contributed by atoms with E-state index in [0.29, 0.717) is 27.9 Å². The second-order valence-corrected chi connectivity index (χ2v) is 7.82. The topological polar surface area (TPSA) is 51.2 Å². The van der Waals surface area contributed by atoms with Gasteiger partial charge in [-0.25, -0.2) is 0 Å². The monoisotopic (exact) mass is 406 g/mol. The van der Waals surface area contributed by atoms with Gasteiger partial charge in [0.2, 0.25) is 0 Å². The van der Waals surface area contributed by atoms with Gasteiger partial charge in [-0.1, -0.05) is 24.6 Å². The van der Waals surface area contributed by atoms with E-state index in [9.17, 15) is 4.79 Å². The van der Waals surface area contributed by atoms with Crippen molar-refractivity contribution in [1.82, 2.24) is 4.98 Å². The lowest BCUT2D eigenvalue weighted by atomic mass is 9.84. The third-order valence-electron chi connectivity index (χ3n) is 5.50. The number of rotatable bonds is 4. The average Bonchev–Trinajstić information content (AvgIpc) is 2.74. The summed E-state index contributed by atoms with van der Waals surface area (Å²) in [6.07, 6.45) is 5.21. The van der Waals surface area contributed by atoms with Crippen LogP contribution in [0.4, 0.5) is 5.69 Å². The van der Waals surface area contributed by atoms with E-state index < -0.39 is 0 Å². The molecule has 1 amide bonds. The van der Waals surface area contributed by atoms with Crippen LogP contribution in [0.25, 0.3) is 11.3 Å². The highest BCUT2D eigenvalue weighted by Crippen LogP contribution is 2.35. The minimum atomic E-state index is -0.176. The first-order valence-corrected chi connectivity index (χ1v) is 10.2. The van der Waals surface area contributed by atoms with Crippen LogP contribution < -0.4 is 10.1 Å². The maximum atomic E-state index is 12.8. The minimum absolute atomic E-state index is 0.176. The van der Waals surface area contributed by atoms with Gasteiger partial charge in [0.05, 0.1) is 17.8 Å². The standard InChI is InChI=1S/C24H23ClN2O2/c1-15-5-3-6-16-8-10-18(14-20(15)16)27-24(28)17-9-11-19(22(13-17)29-2)23-21(25)7-4-12-26-23/h4,7-15H,3,5-6H2,1-2H3,(H,27,28). The van der Waals surface area contributed by atoms with Crippen LogP contribution in [0.15, 0.2) is 54.7 Å². The second-order valence-electron chi connectivity index (χ2n) is 7.41. The lowest BCUT2D eigenvalue weighted by Crippen LogP contribution is -2.14. The van der Waals surface area contributed by atoms with Crippen molar-refractivity contribution in [2.24, 2.45) is 0 Å². The molecule has 2 aromatic carbocycles. The molecule has 148 valence electrons. The summed E-state index contributed by atoms with van der Waals surface area (Å²) >= 11 is 6.27. The van der Waals surface area contributed by atoms with Crippen LogP contribution in [0.2, 0.25) is 5.02 Å². The predicted octanol–water partition coefficient (Wildman–Crippen LogP) is 6.10. The molecule has 0 spiro atoms. The molecule has 0 fully saturated rings. The fraction of sp³-hybridized carbons (Fsp3) is 0.250. The first-order chi connectivity index (χ1) is 14.1. The Hall–Kier alpha value is -2.85. The Balaban J connectivity index is 1.60. The zero-order valence-electron chi connectivity index (χ0n) is 16.5. The maximum absolute atomic E-state index is 12.8. The molecule has 4 rings (SSSR count). The van der Waals surface area contributed by atoms with E-state index in [2.05, 4.69) is 29.4 Å². The molecule has 1 heterocycles. The number of aromatic nitrogens is 1. The third kappa shape index (κ3) is 3.99. The lowest BCUT2D eigenvalue weighted by molar-refractivity contribution is 0.102. The SMILES string of the molecule is COc1cc(C(=O)Nc2ccc3c(c2)C(C)CCC3)ccc1-c1ncccc1Cl. The molecule has 1 aromatic heterocycles. The normalized spacial score (nSPS) is 15.5. The Morgan fingerprint density at radius 2 is 2.07 bits per heavy atom. The summed E-state index contributed by atoms with van der Waals surface area (Å²) in [5.41, 5.74) is 5.44. The van der Waals surface area contributed by atoms with Gasteiger partial charge in [-0.2, -0.15) is 0 Å². The molecule has 1 N–H and O–H groups in total. The number of anilines is 1. The molecule has 0 radical (unpaired) electrons. The highest BCUT2D eigenvalue weighted by atomic mass is 35.5. The number of hydrogen-bond donors (Lipinski definition) is 1. The summed E-state index contributed by atoms with van der Waals surface area (Å²) < 4.78 is 5.51. The summed E-state index contributed by atoms with van der Waals surface area (Å²) in [5.74, 6) is 0.904. The number of methoxy groups -OCH3 is 1. The van der Waals surface area contributed by atoms with Crippen LogP contribution in [0, 0.1) is 0 Å². The van der Waals surface area contributed by atoms with Gasteiger partial charge >= 0.3 is 0 Å². The number of hydrogen-bond acceptors (Lipinski definition) is 3. The number of fused-ring (bicyclic) bond motifs is 1. The van der Waals surface area contributed by atoms with Gasteiger partial charge in [-0.15, -0.1) is 0 Å². The molecule has 1 aliphatic carbocycles. The van der Waals surface area contributed by atoms with Crippen molar-refractivity contribution < 1.29 is 9.53 Å². The van der Waals surface area contributed by atoms with E-state index in [1.54, 1.807) is 37.6 Å². The fourth-order valence-electron chi connectivity index (χ4n) is 3.93. The first-order valence-electron chi connectivity index (χ1n) is 9.80. The van der Waals surface area contributed by atoms with Gasteiger partial charge in [-0.3, -0.25) is 9.78 Å². The summed E-state index contributed by atoms with van der Waals surface area (Å²) in [7, 11) is 1.57. The number of nitrogens with one attached hydrogen (secondary N) is 1. The van der Waals surface area contributed by atoms with Crippen molar-refractivity contribution >= 4 is 23.2 Å². The fourth-order valence-corrected chi connectivity index (χ4v) is 4.15. The Bertz CT molecular complexity index is 1060. The van der Waals surface area contributed by atoms with Crippen molar-refractivity contribution in [2.45, 2.75) is 32.1 Å². The average molecular weight is 407 g/mol. The zero-order chi connectivity index (χ0) is 20.4. The number of amides is 1. The van der Waals surface area contributed by atoms with Crippen molar-refractivity contribution in [3.8, 4) is 17.0 Å². The summed E-state index contributed by atoms with van der Waals surface area (Å²) in [4.78, 5) is 17.2. The largest absolute Gasteiger partial charge is 0.496 e. The number of pyridine rings is 1. The first kappa shape index (κ1) is 19.5. The van der Waals surface area contributed by atoms with E-state index in [1.165, 1.54) is 24.0 Å². The summed E-state index contributed by atoms with van der Waals surface area (Å²) in [6.45, 7) is 2.25. The van der Waals surface area contributed by atoms with Gasteiger partial charge in [0, 0.05) is 23.0 Å². The van der Waals surface area contributed by atoms with E-state index in [-0.39, 0.29) is 5.91 Å². The number of benzene rings is 2. The quantitative estimate of drug-likeness (QED) is 0.569. The molecule has 1 unspecified atom stereocenters. The Labute approximate surface area is 175 Å². The Morgan fingerprint density at radius 3 is 2.86 bits per heavy atom. The molecular formula is C24H23ClN2O2. The molecule has 0 saturated carbocycles. The van der Waals surface area contributed by atoms with Crippen LogP contribution in [0.5, 0.6) is 5.75 Å². The summed E-state index contributed by atoms with van der Waals surface area (Å²) in [5, 5.41) is 3.55. The van der Waals surface area contributed by atoms with E-state index in [0.717, 1.165) is 17.7 Å². The van der Waals surface area contributed by atoms with E-state index in [1.807, 2.05) is 12.1 Å². The van der Waals surface area contributed by atoms with Crippen molar-refractivity contribution in [3.05, 3.63) is 76.4 Å². The minimum Gasteiger partial charge on any atom is -0.496 e. The Morgan fingerprint density at radius 1 is 1.21 bits per heavy atom. The molecule has 1 aliphatic rings. The number of aryl methyl sites for hydroxylation is 1. The molecular weight excluding hydrogens is 384 g/mol. The molecule has 0 aliphatic heterocycles. The molecule has 0 saturated heterocycles. The third-order valence-corrected chi connectivity index (χ3v) is 5.80. The second kappa shape index (κ2) is 8.26. The van der Waals surface area contributed by atoms with Gasteiger partial charge < -0.3 is 10.1 Å². The van der Waals surface area contributed by atoms with E-state index in [4.69, 9.17) is 16.3 Å². The molecule has 1 atom stereocenters. The zero-order valence-corrected chi connectivity index (χ0v) is 17.3. The van der Waals surface area contributed by atoms with E-state index >= 15 is 0 Å². The number of carbonyl (C=O) groups excluding carboxylic acids is 1. The highest BCUT2D eigenvalue weighted by Gasteiger charge is 2.18. The lowest BCUT2D eigenvalue weighted by Gasteiger charge is -2.23. The van der Waals surface area contributed by atoms with Crippen LogP contribution in [-0.4, -0.2) is 18.0 Å². The van der Waals surface area contributed by atoms with Gasteiger partial charge in [0.1, 0.15) is 5.75 Å². The molecule has 4 nitrogen and oxygen atoms in total. The molecule has 3 aromatic rings.